The zero-order valence-corrected chi connectivity index (χ0v) is 17.5. The van der Waals surface area contributed by atoms with Crippen molar-refractivity contribution >= 4 is 45.4 Å². The van der Waals surface area contributed by atoms with Crippen molar-refractivity contribution in [1.82, 2.24) is 4.57 Å². The van der Waals surface area contributed by atoms with Crippen LogP contribution in [0.1, 0.15) is 25.6 Å². The summed E-state index contributed by atoms with van der Waals surface area (Å²) in [4.78, 5) is 40.6. The highest BCUT2D eigenvalue weighted by Crippen LogP contribution is 2.34. The number of rotatable bonds is 5. The number of fused-ring (bicyclic) bond motifs is 2. The Bertz CT molecular complexity index is 1340. The monoisotopic (exact) mass is 430 g/mol. The van der Waals surface area contributed by atoms with Crippen LogP contribution >= 0.6 is 11.3 Å². The first-order valence-corrected chi connectivity index (χ1v) is 10.6. The van der Waals surface area contributed by atoms with Gasteiger partial charge in [0.05, 0.1) is 17.1 Å². The minimum absolute atomic E-state index is 0.125. The SMILES string of the molecule is Cn1cc(C(=O)CN2C(=O)COc3ccc(C(=O)c4cccs4)cc32)c2ccccc21. The fraction of sp³-hybridized carbons (Fsp3) is 0.125. The number of ketones is 2. The average Bonchev–Trinajstić information content (AvgIpc) is 3.44. The van der Waals surface area contributed by atoms with Crippen molar-refractivity contribution in [3.63, 3.8) is 0 Å². The molecular formula is C24H18N2O4S. The number of benzene rings is 2. The van der Waals surface area contributed by atoms with Crippen LogP contribution in [-0.4, -0.2) is 35.2 Å². The molecule has 0 spiro atoms. The minimum Gasteiger partial charge on any atom is -0.482 e. The Morgan fingerprint density at radius 3 is 2.74 bits per heavy atom. The summed E-state index contributed by atoms with van der Waals surface area (Å²) < 4.78 is 7.44. The molecule has 1 amide bonds. The molecular weight excluding hydrogens is 412 g/mol. The molecule has 5 rings (SSSR count). The Morgan fingerprint density at radius 2 is 1.94 bits per heavy atom. The first-order valence-electron chi connectivity index (χ1n) is 9.75. The number of Topliss-reactive ketones (excluding diaryl/α,β-unsaturated/α-hetero) is 1. The molecule has 2 aromatic carbocycles. The highest BCUT2D eigenvalue weighted by atomic mass is 32.1. The van der Waals surface area contributed by atoms with Gasteiger partial charge in [-0.25, -0.2) is 0 Å². The third kappa shape index (κ3) is 3.33. The van der Waals surface area contributed by atoms with E-state index in [2.05, 4.69) is 0 Å². The highest BCUT2D eigenvalue weighted by Gasteiger charge is 2.29. The van der Waals surface area contributed by atoms with Gasteiger partial charge in [0.15, 0.2) is 12.4 Å². The number of para-hydroxylation sites is 1. The summed E-state index contributed by atoms with van der Waals surface area (Å²) in [6.07, 6.45) is 1.79. The lowest BCUT2D eigenvalue weighted by molar-refractivity contribution is -0.121. The van der Waals surface area contributed by atoms with E-state index in [1.165, 1.54) is 16.2 Å². The summed E-state index contributed by atoms with van der Waals surface area (Å²) in [5.41, 5.74) is 2.39. The number of aromatic nitrogens is 1. The Balaban J connectivity index is 1.50. The van der Waals surface area contributed by atoms with Crippen LogP contribution in [0.15, 0.2) is 66.2 Å². The molecule has 3 heterocycles. The summed E-state index contributed by atoms with van der Waals surface area (Å²) in [7, 11) is 1.89. The standard InChI is InChI=1S/C24H18N2O4S/c1-25-12-17(16-5-2-3-6-18(16)25)20(27)13-26-19-11-15(24(29)22-7-4-10-31-22)8-9-21(19)30-14-23(26)28/h2-12H,13-14H2,1H3. The second-order valence-electron chi connectivity index (χ2n) is 7.35. The van der Waals surface area contributed by atoms with E-state index < -0.39 is 0 Å². The van der Waals surface area contributed by atoms with Crippen molar-refractivity contribution in [1.29, 1.82) is 0 Å². The summed E-state index contributed by atoms with van der Waals surface area (Å²) in [6, 6.07) is 16.2. The number of carbonyl (C=O) groups excluding carboxylic acids is 3. The minimum atomic E-state index is -0.318. The number of amides is 1. The van der Waals surface area contributed by atoms with Crippen molar-refractivity contribution in [3.05, 3.63) is 82.2 Å². The Hall–Kier alpha value is -3.71. The Kier molecular flexibility index (Phi) is 4.67. The second kappa shape index (κ2) is 7.52. The maximum absolute atomic E-state index is 13.2. The van der Waals surface area contributed by atoms with Gasteiger partial charge in [-0.05, 0) is 35.7 Å². The van der Waals surface area contributed by atoms with Crippen LogP contribution in [0, 0.1) is 0 Å². The number of carbonyl (C=O) groups is 3. The Labute approximate surface area is 182 Å². The average molecular weight is 430 g/mol. The van der Waals surface area contributed by atoms with E-state index in [1.807, 2.05) is 47.3 Å². The van der Waals surface area contributed by atoms with Crippen LogP contribution in [0.3, 0.4) is 0 Å². The number of hydrogen-bond donors (Lipinski definition) is 0. The number of aryl methyl sites for hydroxylation is 1. The van der Waals surface area contributed by atoms with Crippen molar-refractivity contribution in [3.8, 4) is 5.75 Å². The van der Waals surface area contributed by atoms with E-state index in [4.69, 9.17) is 4.74 Å². The van der Waals surface area contributed by atoms with E-state index in [-0.39, 0.29) is 30.6 Å². The van der Waals surface area contributed by atoms with Gasteiger partial charge in [0.25, 0.3) is 5.91 Å². The van der Waals surface area contributed by atoms with Crippen LogP contribution in [0.25, 0.3) is 10.9 Å². The van der Waals surface area contributed by atoms with E-state index in [0.29, 0.717) is 27.4 Å². The second-order valence-corrected chi connectivity index (χ2v) is 8.30. The van der Waals surface area contributed by atoms with Gasteiger partial charge < -0.3 is 9.30 Å². The van der Waals surface area contributed by atoms with Crippen molar-refractivity contribution in [2.24, 2.45) is 7.05 Å². The van der Waals surface area contributed by atoms with Gasteiger partial charge in [-0.2, -0.15) is 0 Å². The van der Waals surface area contributed by atoms with Crippen LogP contribution in [0.4, 0.5) is 5.69 Å². The van der Waals surface area contributed by atoms with Gasteiger partial charge in [-0.15, -0.1) is 11.3 Å². The molecule has 0 fully saturated rings. The highest BCUT2D eigenvalue weighted by molar-refractivity contribution is 7.12. The predicted octanol–water partition coefficient (Wildman–Crippen LogP) is 4.08. The first kappa shape index (κ1) is 19.3. The topological polar surface area (TPSA) is 68.6 Å². The normalized spacial score (nSPS) is 13.2. The molecule has 1 aliphatic rings. The summed E-state index contributed by atoms with van der Waals surface area (Å²) >= 11 is 1.36. The van der Waals surface area contributed by atoms with Crippen LogP contribution in [0.5, 0.6) is 5.75 Å². The van der Waals surface area contributed by atoms with Gasteiger partial charge in [-0.3, -0.25) is 19.3 Å². The molecule has 154 valence electrons. The third-order valence-electron chi connectivity index (χ3n) is 5.41. The quantitative estimate of drug-likeness (QED) is 0.448. The molecule has 4 aromatic rings. The molecule has 0 aliphatic carbocycles. The molecule has 1 aliphatic heterocycles. The molecule has 6 nitrogen and oxygen atoms in total. The largest absolute Gasteiger partial charge is 0.482 e. The summed E-state index contributed by atoms with van der Waals surface area (Å²) in [5.74, 6) is -0.140. The van der Waals surface area contributed by atoms with Crippen LogP contribution < -0.4 is 9.64 Å². The van der Waals surface area contributed by atoms with E-state index in [0.717, 1.165) is 10.9 Å². The lowest BCUT2D eigenvalue weighted by Gasteiger charge is -2.29. The fourth-order valence-corrected chi connectivity index (χ4v) is 4.55. The first-order chi connectivity index (χ1) is 15.0. The van der Waals surface area contributed by atoms with Crippen LogP contribution in [-0.2, 0) is 11.8 Å². The molecule has 31 heavy (non-hydrogen) atoms. The molecule has 0 radical (unpaired) electrons. The predicted molar refractivity (Wildman–Crippen MR) is 119 cm³/mol. The van der Waals surface area contributed by atoms with Crippen LogP contribution in [0.2, 0.25) is 0 Å². The third-order valence-corrected chi connectivity index (χ3v) is 6.28. The molecule has 0 atom stereocenters. The maximum Gasteiger partial charge on any atom is 0.265 e. The molecule has 0 saturated carbocycles. The molecule has 0 N–H and O–H groups in total. The molecule has 0 unspecified atom stereocenters. The molecule has 2 aromatic heterocycles. The van der Waals surface area contributed by atoms with E-state index in [9.17, 15) is 14.4 Å². The van der Waals surface area contributed by atoms with Crippen molar-refractivity contribution < 1.29 is 19.1 Å². The summed E-state index contributed by atoms with van der Waals surface area (Å²) in [6.45, 7) is -0.270. The van der Waals surface area contributed by atoms with Crippen molar-refractivity contribution in [2.45, 2.75) is 0 Å². The van der Waals surface area contributed by atoms with Gasteiger partial charge in [0, 0.05) is 35.3 Å². The van der Waals surface area contributed by atoms with E-state index in [1.54, 1.807) is 30.5 Å². The Morgan fingerprint density at radius 1 is 1.10 bits per heavy atom. The lowest BCUT2D eigenvalue weighted by atomic mass is 10.1. The van der Waals surface area contributed by atoms with Crippen molar-refractivity contribution in [2.75, 3.05) is 18.1 Å². The number of anilines is 1. The maximum atomic E-state index is 13.2. The molecule has 7 heteroatoms. The molecule has 0 bridgehead atoms. The van der Waals surface area contributed by atoms with Gasteiger partial charge in [0.1, 0.15) is 5.75 Å². The fourth-order valence-electron chi connectivity index (χ4n) is 3.86. The zero-order valence-electron chi connectivity index (χ0n) is 16.7. The van der Waals surface area contributed by atoms with Gasteiger partial charge in [-0.1, -0.05) is 24.3 Å². The number of hydrogen-bond acceptors (Lipinski definition) is 5. The number of nitrogens with zero attached hydrogens (tertiary/aromatic N) is 2. The van der Waals surface area contributed by atoms with E-state index >= 15 is 0 Å². The number of ether oxygens (including phenoxy) is 1. The number of thiophene rings is 1. The zero-order chi connectivity index (χ0) is 21.5. The lowest BCUT2D eigenvalue weighted by Crippen LogP contribution is -2.42. The van der Waals surface area contributed by atoms with Gasteiger partial charge in [0.2, 0.25) is 5.78 Å². The summed E-state index contributed by atoms with van der Waals surface area (Å²) in [5, 5.41) is 2.69. The smallest absolute Gasteiger partial charge is 0.265 e. The van der Waals surface area contributed by atoms with Gasteiger partial charge >= 0.3 is 0 Å². The molecule has 0 saturated heterocycles.